The smallest absolute Gasteiger partial charge is 0.310 e. The molecule has 0 aliphatic heterocycles. The van der Waals surface area contributed by atoms with Crippen LogP contribution in [0.1, 0.15) is 33.6 Å². The summed E-state index contributed by atoms with van der Waals surface area (Å²) in [5.74, 6) is 0.263. The average Bonchev–Trinajstić information content (AvgIpc) is 2.70. The number of halogens is 2. The summed E-state index contributed by atoms with van der Waals surface area (Å²) in [5.41, 5.74) is 0.0772. The number of carbonyl (C=O) groups is 1. The Kier molecular flexibility index (Phi) is 5.05. The summed E-state index contributed by atoms with van der Waals surface area (Å²) >= 11 is 6.72. The van der Waals surface area contributed by atoms with Gasteiger partial charge < -0.3 is 4.74 Å². The summed E-state index contributed by atoms with van der Waals surface area (Å²) in [5, 5.41) is 0. The summed E-state index contributed by atoms with van der Waals surface area (Å²) in [6.45, 7) is 6.63. The molecule has 0 bridgehead atoms. The minimum absolute atomic E-state index is 0.0255. The summed E-state index contributed by atoms with van der Waals surface area (Å²) in [6.07, 6.45) is 4.22. The van der Waals surface area contributed by atoms with Crippen molar-refractivity contribution in [2.24, 2.45) is 17.3 Å². The van der Waals surface area contributed by atoms with E-state index in [1.54, 1.807) is 0 Å². The minimum Gasteiger partial charge on any atom is -0.466 e. The molecule has 92 valence electrons. The molecule has 0 spiro atoms. The van der Waals surface area contributed by atoms with Gasteiger partial charge in [-0.15, -0.1) is 0 Å². The summed E-state index contributed by atoms with van der Waals surface area (Å²) < 4.78 is 6.04. The van der Waals surface area contributed by atoms with Crippen LogP contribution in [0.2, 0.25) is 0 Å². The average molecular weight is 354 g/mol. The molecule has 16 heavy (non-hydrogen) atoms. The molecule has 0 saturated heterocycles. The zero-order chi connectivity index (χ0) is 12.3. The summed E-state index contributed by atoms with van der Waals surface area (Å²) in [4.78, 5) is 11.8. The fraction of sp³-hybridized carbons (Fsp3) is 0.750. The highest BCUT2D eigenvalue weighted by atomic mass is 79.9. The number of rotatable bonds is 5. The molecular weight excluding hydrogens is 336 g/mol. The second-order valence-electron chi connectivity index (χ2n) is 4.47. The molecule has 1 rings (SSSR count). The van der Waals surface area contributed by atoms with Crippen molar-refractivity contribution in [2.45, 2.75) is 33.6 Å². The van der Waals surface area contributed by atoms with E-state index in [-0.39, 0.29) is 17.3 Å². The third-order valence-corrected chi connectivity index (χ3v) is 3.89. The van der Waals surface area contributed by atoms with Gasteiger partial charge in [0.25, 0.3) is 0 Å². The molecule has 2 nitrogen and oxygen atoms in total. The van der Waals surface area contributed by atoms with Gasteiger partial charge in [-0.25, -0.2) is 0 Å². The van der Waals surface area contributed by atoms with Crippen LogP contribution in [0.4, 0.5) is 0 Å². The molecule has 1 aliphatic carbocycles. The van der Waals surface area contributed by atoms with E-state index >= 15 is 0 Å². The van der Waals surface area contributed by atoms with E-state index in [2.05, 4.69) is 51.8 Å². The SMILES string of the molecule is CCCC1(C)C(C=C(Br)Br)C1C(=O)OCC. The van der Waals surface area contributed by atoms with Crippen molar-refractivity contribution < 1.29 is 9.53 Å². The second-order valence-corrected chi connectivity index (χ2v) is 7.24. The zero-order valence-corrected chi connectivity index (χ0v) is 13.1. The zero-order valence-electron chi connectivity index (χ0n) is 9.93. The van der Waals surface area contributed by atoms with Gasteiger partial charge in [0.1, 0.15) is 0 Å². The predicted molar refractivity (Wildman–Crippen MR) is 72.6 cm³/mol. The molecule has 0 heterocycles. The van der Waals surface area contributed by atoms with E-state index in [1.807, 2.05) is 6.92 Å². The first-order chi connectivity index (χ1) is 7.47. The van der Waals surface area contributed by atoms with Crippen LogP contribution in [0.5, 0.6) is 0 Å². The monoisotopic (exact) mass is 352 g/mol. The molecule has 0 aromatic carbocycles. The molecule has 1 saturated carbocycles. The van der Waals surface area contributed by atoms with Crippen molar-refractivity contribution in [2.75, 3.05) is 6.61 Å². The highest BCUT2D eigenvalue weighted by Gasteiger charge is 2.63. The molecular formula is C12H18Br2O2. The first kappa shape index (κ1) is 14.2. The van der Waals surface area contributed by atoms with Crippen LogP contribution in [0.25, 0.3) is 0 Å². The van der Waals surface area contributed by atoms with Crippen molar-refractivity contribution in [3.05, 3.63) is 9.47 Å². The van der Waals surface area contributed by atoms with E-state index in [4.69, 9.17) is 4.74 Å². The number of ether oxygens (including phenoxy) is 1. The maximum absolute atomic E-state index is 11.8. The number of hydrogen-bond donors (Lipinski definition) is 0. The minimum atomic E-state index is -0.0547. The number of allylic oxidation sites excluding steroid dienone is 1. The number of hydrogen-bond acceptors (Lipinski definition) is 2. The van der Waals surface area contributed by atoms with E-state index in [0.29, 0.717) is 12.5 Å². The maximum atomic E-state index is 11.8. The Labute approximate surface area is 114 Å². The van der Waals surface area contributed by atoms with Crippen LogP contribution in [0.15, 0.2) is 9.47 Å². The van der Waals surface area contributed by atoms with Crippen molar-refractivity contribution in [1.82, 2.24) is 0 Å². The Hall–Kier alpha value is 0.170. The highest BCUT2D eigenvalue weighted by molar-refractivity contribution is 9.28. The fourth-order valence-electron chi connectivity index (χ4n) is 2.53. The van der Waals surface area contributed by atoms with Crippen LogP contribution in [0, 0.1) is 17.3 Å². The van der Waals surface area contributed by atoms with Gasteiger partial charge in [0, 0.05) is 0 Å². The quantitative estimate of drug-likeness (QED) is 0.691. The van der Waals surface area contributed by atoms with Gasteiger partial charge in [-0.05, 0) is 56.5 Å². The maximum Gasteiger partial charge on any atom is 0.310 e. The molecule has 0 aromatic heterocycles. The largest absolute Gasteiger partial charge is 0.466 e. The van der Waals surface area contributed by atoms with E-state index < -0.39 is 0 Å². The molecule has 0 radical (unpaired) electrons. The van der Waals surface area contributed by atoms with E-state index in [9.17, 15) is 4.79 Å². The third-order valence-electron chi connectivity index (χ3n) is 3.36. The van der Waals surface area contributed by atoms with Crippen molar-refractivity contribution in [1.29, 1.82) is 0 Å². The Morgan fingerprint density at radius 3 is 2.50 bits per heavy atom. The fourth-order valence-corrected chi connectivity index (χ4v) is 3.10. The summed E-state index contributed by atoms with van der Waals surface area (Å²) in [6, 6.07) is 0. The van der Waals surface area contributed by atoms with Crippen LogP contribution in [-0.2, 0) is 9.53 Å². The first-order valence-electron chi connectivity index (χ1n) is 5.66. The first-order valence-corrected chi connectivity index (χ1v) is 7.25. The van der Waals surface area contributed by atoms with Gasteiger partial charge in [-0.2, -0.15) is 0 Å². The highest BCUT2D eigenvalue weighted by Crippen LogP contribution is 2.63. The van der Waals surface area contributed by atoms with Gasteiger partial charge in [0.15, 0.2) is 0 Å². The van der Waals surface area contributed by atoms with E-state index in [1.165, 1.54) is 0 Å². The van der Waals surface area contributed by atoms with Gasteiger partial charge in [0.2, 0.25) is 0 Å². The Balaban J connectivity index is 2.76. The molecule has 0 aromatic rings. The van der Waals surface area contributed by atoms with Gasteiger partial charge in [-0.3, -0.25) is 4.79 Å². The molecule has 4 heteroatoms. The Bertz CT molecular complexity index is 297. The second kappa shape index (κ2) is 5.67. The van der Waals surface area contributed by atoms with Crippen LogP contribution in [0.3, 0.4) is 0 Å². The van der Waals surface area contributed by atoms with E-state index in [0.717, 1.165) is 16.2 Å². The molecule has 0 N–H and O–H groups in total. The topological polar surface area (TPSA) is 26.3 Å². The third kappa shape index (κ3) is 2.89. The lowest BCUT2D eigenvalue weighted by Crippen LogP contribution is -2.11. The lowest BCUT2D eigenvalue weighted by atomic mass is 9.98. The molecule has 0 amide bonds. The van der Waals surface area contributed by atoms with Crippen molar-refractivity contribution in [3.63, 3.8) is 0 Å². The molecule has 1 aliphatic rings. The van der Waals surface area contributed by atoms with Crippen LogP contribution in [-0.4, -0.2) is 12.6 Å². The van der Waals surface area contributed by atoms with Gasteiger partial charge in [0.05, 0.1) is 15.9 Å². The number of esters is 1. The van der Waals surface area contributed by atoms with Crippen molar-refractivity contribution in [3.8, 4) is 0 Å². The van der Waals surface area contributed by atoms with Crippen LogP contribution < -0.4 is 0 Å². The molecule has 1 fully saturated rings. The van der Waals surface area contributed by atoms with Crippen molar-refractivity contribution >= 4 is 37.8 Å². The van der Waals surface area contributed by atoms with Gasteiger partial charge in [-0.1, -0.05) is 26.3 Å². The van der Waals surface area contributed by atoms with Crippen LogP contribution >= 0.6 is 31.9 Å². The predicted octanol–water partition coefficient (Wildman–Crippen LogP) is 4.23. The standard InChI is InChI=1S/C12H18Br2O2/c1-4-6-12(3)8(7-9(13)14)10(12)11(15)16-5-2/h7-8,10H,4-6H2,1-3H3. The molecule has 3 unspecified atom stereocenters. The molecule has 3 atom stereocenters. The van der Waals surface area contributed by atoms with Gasteiger partial charge >= 0.3 is 5.97 Å². The lowest BCUT2D eigenvalue weighted by molar-refractivity contribution is -0.145. The summed E-state index contributed by atoms with van der Waals surface area (Å²) in [7, 11) is 0. The lowest BCUT2D eigenvalue weighted by Gasteiger charge is -2.08. The number of carbonyl (C=O) groups excluding carboxylic acids is 1. The Morgan fingerprint density at radius 1 is 1.44 bits per heavy atom. The Morgan fingerprint density at radius 2 is 2.06 bits per heavy atom. The normalized spacial score (nSPS) is 32.1.